The molecule has 2 fully saturated rings. The largest absolute Gasteiger partial charge is 0.394 e. The number of hydrogen-bond acceptors (Lipinski definition) is 12. The molecule has 2 aromatic rings. The van der Waals surface area contributed by atoms with E-state index in [1.54, 1.807) is 0 Å². The van der Waals surface area contributed by atoms with E-state index in [-0.39, 0.29) is 52.4 Å². The number of imidazole rings is 1. The fourth-order valence-electron chi connectivity index (χ4n) is 7.15. The van der Waals surface area contributed by atoms with Crippen LogP contribution >= 0.6 is 22.6 Å². The minimum atomic E-state index is -1.53. The summed E-state index contributed by atoms with van der Waals surface area (Å²) in [5.41, 5.74) is 0.940. The molecule has 7 N–H and O–H groups in total. The van der Waals surface area contributed by atoms with Crippen LogP contribution < -0.4 is 16.0 Å². The number of aromatic amines is 1. The van der Waals surface area contributed by atoms with Gasteiger partial charge in [0.1, 0.15) is 36.0 Å². The summed E-state index contributed by atoms with van der Waals surface area (Å²) in [4.78, 5) is 68.7. The molecule has 4 amide bonds. The Bertz CT molecular complexity index is 1540. The maximum Gasteiger partial charge on any atom is 0.239 e. The zero-order chi connectivity index (χ0) is 38.7. The number of unbranched alkanes of at least 4 members (excludes halogenated alkanes) is 4. The fraction of sp³-hybridized carbons (Fsp3) is 0.750. The van der Waals surface area contributed by atoms with Gasteiger partial charge in [-0.1, -0.05) is 82.4 Å². The van der Waals surface area contributed by atoms with Gasteiger partial charge in [-0.05, 0) is 32.1 Å². The Morgan fingerprint density at radius 1 is 1.08 bits per heavy atom. The first-order valence-corrected chi connectivity index (χ1v) is 20.1. The second-order valence-electron chi connectivity index (χ2n) is 14.3. The van der Waals surface area contributed by atoms with Gasteiger partial charge in [-0.3, -0.25) is 24.1 Å². The number of carbonyl (C=O) groups is 4. The molecule has 0 spiro atoms. The Morgan fingerprint density at radius 3 is 2.55 bits per heavy atom. The van der Waals surface area contributed by atoms with Crippen LogP contribution in [0.2, 0.25) is 0 Å². The third kappa shape index (κ3) is 10.8. The standard InChI is InChI=1S/C36H57IN8O8/c1-5-8-10-13-21(4)31-42-28-32(43-31)39-20-40-33(28)44-34-30(51)29(50)27(23(19-46)53-34)41-25(48)18-38-24(47)14-11-9-12-16-45-26(49)17-22(35(45)52)36(37,7-3)15-6-2/h20-23,27,29-30,34,46,50-51H,5-19H2,1-4H3,(H,38,47)(H,41,48)(H2,39,40,42,43,44)/t21?,22?,23-,27-,29+,30-,34-,36?/m0/s1. The smallest absolute Gasteiger partial charge is 0.239 e. The molecule has 17 heteroatoms. The SMILES string of the molecule is CCCCCC(C)c1nc2ncnc(N[C@H]3O[C@@H](CO)[C@H](NC(=O)CNC(=O)CCCCCN4C(=O)CC(C(I)(CC)CCC)C4=O)[C@@H](O)[C@@H]3O)c2[nH]1. The van der Waals surface area contributed by atoms with Gasteiger partial charge in [-0.2, -0.15) is 0 Å². The van der Waals surface area contributed by atoms with Crippen LogP contribution in [0.25, 0.3) is 11.2 Å². The van der Waals surface area contributed by atoms with E-state index in [0.29, 0.717) is 42.8 Å². The zero-order valence-electron chi connectivity index (χ0n) is 31.3. The van der Waals surface area contributed by atoms with E-state index in [0.717, 1.165) is 50.8 Å². The highest BCUT2D eigenvalue weighted by atomic mass is 127. The molecule has 16 nitrogen and oxygen atoms in total. The molecule has 8 atom stereocenters. The summed E-state index contributed by atoms with van der Waals surface area (Å²) in [5.74, 6) is -0.309. The van der Waals surface area contributed by atoms with Crippen LogP contribution in [-0.4, -0.2) is 117 Å². The van der Waals surface area contributed by atoms with Gasteiger partial charge in [0, 0.05) is 28.7 Å². The predicted molar refractivity (Wildman–Crippen MR) is 206 cm³/mol. The van der Waals surface area contributed by atoms with E-state index < -0.39 is 43.1 Å². The zero-order valence-corrected chi connectivity index (χ0v) is 33.4. The summed E-state index contributed by atoms with van der Waals surface area (Å²) >= 11 is 2.36. The number of anilines is 1. The van der Waals surface area contributed by atoms with Gasteiger partial charge >= 0.3 is 0 Å². The van der Waals surface area contributed by atoms with E-state index in [1.165, 1.54) is 11.2 Å². The lowest BCUT2D eigenvalue weighted by Crippen LogP contribution is -2.66. The molecule has 2 aliphatic heterocycles. The maximum atomic E-state index is 13.1. The first-order valence-electron chi connectivity index (χ1n) is 19.1. The molecule has 53 heavy (non-hydrogen) atoms. The number of imide groups is 1. The number of amides is 4. The van der Waals surface area contributed by atoms with Crippen LogP contribution in [0.4, 0.5) is 5.82 Å². The van der Waals surface area contributed by atoms with Crippen molar-refractivity contribution in [3.05, 3.63) is 12.2 Å². The summed E-state index contributed by atoms with van der Waals surface area (Å²) in [6, 6.07) is -1.17. The number of alkyl halides is 1. The highest BCUT2D eigenvalue weighted by Crippen LogP contribution is 2.42. The second kappa shape index (κ2) is 20.1. The van der Waals surface area contributed by atoms with E-state index in [9.17, 15) is 34.5 Å². The fourth-order valence-corrected chi connectivity index (χ4v) is 8.18. The normalized spacial score (nSPS) is 25.0. The monoisotopic (exact) mass is 856 g/mol. The van der Waals surface area contributed by atoms with Gasteiger partial charge < -0.3 is 41.0 Å². The number of nitrogens with one attached hydrogen (secondary N) is 4. The van der Waals surface area contributed by atoms with Gasteiger partial charge in [-0.25, -0.2) is 15.0 Å². The molecule has 0 aromatic carbocycles. The van der Waals surface area contributed by atoms with Crippen LogP contribution in [0.5, 0.6) is 0 Å². The van der Waals surface area contributed by atoms with Crippen molar-refractivity contribution in [2.24, 2.45) is 5.92 Å². The van der Waals surface area contributed by atoms with Gasteiger partial charge in [0.15, 0.2) is 17.7 Å². The predicted octanol–water partition coefficient (Wildman–Crippen LogP) is 2.81. The van der Waals surface area contributed by atoms with Crippen molar-refractivity contribution in [3.8, 4) is 0 Å². The quantitative estimate of drug-likeness (QED) is 0.0416. The van der Waals surface area contributed by atoms with Gasteiger partial charge in [0.2, 0.25) is 23.6 Å². The summed E-state index contributed by atoms with van der Waals surface area (Å²) in [5, 5.41) is 40.1. The van der Waals surface area contributed by atoms with Gasteiger partial charge in [0.05, 0.1) is 25.1 Å². The van der Waals surface area contributed by atoms with E-state index in [2.05, 4.69) is 86.2 Å². The van der Waals surface area contributed by atoms with Crippen molar-refractivity contribution in [2.75, 3.05) is 25.0 Å². The molecule has 0 aliphatic carbocycles. The molecule has 296 valence electrons. The van der Waals surface area contributed by atoms with E-state index in [1.807, 2.05) is 0 Å². The number of fused-ring (bicyclic) bond motifs is 1. The van der Waals surface area contributed by atoms with Crippen molar-refractivity contribution >= 4 is 63.2 Å². The second-order valence-corrected chi connectivity index (χ2v) is 16.5. The lowest BCUT2D eigenvalue weighted by Gasteiger charge is -2.42. The van der Waals surface area contributed by atoms with Crippen molar-refractivity contribution in [3.63, 3.8) is 0 Å². The minimum absolute atomic E-state index is 0.0995. The molecule has 2 aromatic heterocycles. The number of hydrogen-bond donors (Lipinski definition) is 7. The van der Waals surface area contributed by atoms with Crippen molar-refractivity contribution in [1.82, 2.24) is 35.5 Å². The van der Waals surface area contributed by atoms with Crippen molar-refractivity contribution in [2.45, 2.75) is 145 Å². The Balaban J connectivity index is 1.21. The number of likely N-dealkylation sites (tertiary alicyclic amines) is 1. The number of nitrogens with zero attached hydrogens (tertiary/aromatic N) is 4. The third-order valence-electron chi connectivity index (χ3n) is 10.4. The summed E-state index contributed by atoms with van der Waals surface area (Å²) in [6.45, 7) is 7.73. The van der Waals surface area contributed by atoms with E-state index in [4.69, 9.17) is 4.74 Å². The third-order valence-corrected chi connectivity index (χ3v) is 12.5. The van der Waals surface area contributed by atoms with Gasteiger partial charge in [0.25, 0.3) is 0 Å². The number of aliphatic hydroxyl groups is 3. The molecular weight excluding hydrogens is 799 g/mol. The van der Waals surface area contributed by atoms with Crippen LogP contribution in [-0.2, 0) is 23.9 Å². The molecule has 2 aliphatic rings. The minimum Gasteiger partial charge on any atom is -0.394 e. The molecule has 0 bridgehead atoms. The highest BCUT2D eigenvalue weighted by Gasteiger charge is 2.48. The molecule has 2 saturated heterocycles. The molecular formula is C36H57IN8O8. The number of aliphatic hydroxyl groups excluding tert-OH is 3. The number of halogens is 1. The molecule has 3 unspecified atom stereocenters. The molecule has 0 radical (unpaired) electrons. The summed E-state index contributed by atoms with van der Waals surface area (Å²) in [6.07, 6.45) is 5.02. The molecule has 4 rings (SSSR count). The molecule has 0 saturated carbocycles. The summed E-state index contributed by atoms with van der Waals surface area (Å²) < 4.78 is 5.66. The highest BCUT2D eigenvalue weighted by molar-refractivity contribution is 14.1. The molecule has 4 heterocycles. The number of H-pyrrole nitrogens is 1. The first kappa shape index (κ1) is 42.7. The average molecular weight is 857 g/mol. The topological polar surface area (TPSA) is 232 Å². The van der Waals surface area contributed by atoms with Crippen LogP contribution in [0, 0.1) is 5.92 Å². The Labute approximate surface area is 324 Å². The lowest BCUT2D eigenvalue weighted by molar-refractivity contribution is -0.185. The van der Waals surface area contributed by atoms with Gasteiger partial charge in [-0.15, -0.1) is 0 Å². The van der Waals surface area contributed by atoms with E-state index >= 15 is 0 Å². The van der Waals surface area contributed by atoms with Crippen molar-refractivity contribution in [1.29, 1.82) is 0 Å². The lowest BCUT2D eigenvalue weighted by atomic mass is 9.85. The van der Waals surface area contributed by atoms with Crippen molar-refractivity contribution < 1.29 is 39.2 Å². The number of carbonyl (C=O) groups excluding carboxylic acids is 4. The Kier molecular flexibility index (Phi) is 16.2. The number of aromatic nitrogens is 4. The van der Waals surface area contributed by atoms with Crippen LogP contribution in [0.3, 0.4) is 0 Å². The Morgan fingerprint density at radius 2 is 1.85 bits per heavy atom. The number of rotatable bonds is 21. The first-order chi connectivity index (χ1) is 25.4. The number of ether oxygens (including phenoxy) is 1. The summed E-state index contributed by atoms with van der Waals surface area (Å²) in [7, 11) is 0. The maximum absolute atomic E-state index is 13.1. The Hall–Kier alpha value is -3.00. The van der Waals surface area contributed by atoms with Crippen LogP contribution in [0.1, 0.15) is 116 Å². The average Bonchev–Trinajstić information content (AvgIpc) is 3.71. The van der Waals surface area contributed by atoms with Crippen LogP contribution in [0.15, 0.2) is 6.33 Å².